The van der Waals surface area contributed by atoms with E-state index < -0.39 is 0 Å². The van der Waals surface area contributed by atoms with Crippen molar-refractivity contribution in [1.82, 2.24) is 19.5 Å². The summed E-state index contributed by atoms with van der Waals surface area (Å²) >= 11 is 0. The number of hydrogen-bond donors (Lipinski definition) is 2. The van der Waals surface area contributed by atoms with Gasteiger partial charge in [-0.1, -0.05) is 31.2 Å². The van der Waals surface area contributed by atoms with E-state index in [-0.39, 0.29) is 24.6 Å². The quantitative estimate of drug-likeness (QED) is 0.686. The number of nitrogens with zero attached hydrogens (tertiary/aromatic N) is 3. The normalized spacial score (nSPS) is 10.9. The monoisotopic (exact) mass is 339 g/mol. The van der Waals surface area contributed by atoms with Crippen LogP contribution >= 0.6 is 0 Å². The van der Waals surface area contributed by atoms with Crippen LogP contribution in [0.4, 0.5) is 5.69 Å². The fraction of sp³-hybridized carbons (Fsp3) is 0.278. The summed E-state index contributed by atoms with van der Waals surface area (Å²) in [7, 11) is 0. The Labute approximate surface area is 145 Å². The Balaban J connectivity index is 1.65. The number of nitrogens with one attached hydrogen (secondary N) is 2. The summed E-state index contributed by atoms with van der Waals surface area (Å²) in [6.45, 7) is 3.83. The number of rotatable bonds is 7. The van der Waals surface area contributed by atoms with Crippen LogP contribution in [0, 0.1) is 0 Å². The molecule has 130 valence electrons. The first-order valence-corrected chi connectivity index (χ1v) is 8.31. The molecular weight excluding hydrogens is 318 g/mol. The average Bonchev–Trinajstić information content (AvgIpc) is 2.95. The number of pyridine rings is 1. The highest BCUT2D eigenvalue weighted by Crippen LogP contribution is 2.15. The number of aryl methyl sites for hydroxylation is 1. The van der Waals surface area contributed by atoms with Crippen LogP contribution in [0.15, 0.2) is 53.5 Å². The molecule has 7 nitrogen and oxygen atoms in total. The van der Waals surface area contributed by atoms with E-state index in [0.29, 0.717) is 12.2 Å². The van der Waals surface area contributed by atoms with E-state index in [0.717, 1.165) is 17.8 Å². The van der Waals surface area contributed by atoms with Crippen molar-refractivity contribution in [2.24, 2.45) is 0 Å². The molecule has 0 aliphatic heterocycles. The number of para-hydroxylation sites is 1. The van der Waals surface area contributed by atoms with Crippen LogP contribution in [-0.4, -0.2) is 26.6 Å². The molecule has 2 N–H and O–H groups in total. The molecule has 0 saturated carbocycles. The molecule has 1 amide bonds. The molecule has 0 aliphatic carbocycles. The van der Waals surface area contributed by atoms with E-state index in [9.17, 15) is 9.59 Å². The van der Waals surface area contributed by atoms with Crippen molar-refractivity contribution in [2.45, 2.75) is 26.4 Å². The summed E-state index contributed by atoms with van der Waals surface area (Å²) < 4.78 is 2.78. The highest BCUT2D eigenvalue weighted by atomic mass is 16.2. The van der Waals surface area contributed by atoms with Crippen LogP contribution in [0.5, 0.6) is 0 Å². The maximum absolute atomic E-state index is 12.3. The van der Waals surface area contributed by atoms with Crippen molar-refractivity contribution >= 4 is 17.2 Å². The van der Waals surface area contributed by atoms with Gasteiger partial charge in [-0.3, -0.25) is 9.20 Å². The van der Waals surface area contributed by atoms with Gasteiger partial charge in [0, 0.05) is 24.8 Å². The minimum atomic E-state index is -0.240. The number of carbonyl (C=O) groups excluding carboxylic acids is 1. The Morgan fingerprint density at radius 2 is 1.96 bits per heavy atom. The van der Waals surface area contributed by atoms with Gasteiger partial charge in [-0.15, -0.1) is 5.10 Å². The average molecular weight is 339 g/mol. The number of benzene rings is 1. The van der Waals surface area contributed by atoms with Gasteiger partial charge < -0.3 is 10.6 Å². The number of amides is 1. The summed E-state index contributed by atoms with van der Waals surface area (Å²) in [5.74, 6) is -0.145. The van der Waals surface area contributed by atoms with Crippen molar-refractivity contribution in [3.05, 3.63) is 64.7 Å². The van der Waals surface area contributed by atoms with Crippen molar-refractivity contribution < 1.29 is 4.79 Å². The second-order valence-corrected chi connectivity index (χ2v) is 5.67. The van der Waals surface area contributed by atoms with E-state index in [1.807, 2.05) is 37.3 Å². The van der Waals surface area contributed by atoms with E-state index in [1.54, 1.807) is 18.3 Å². The van der Waals surface area contributed by atoms with Gasteiger partial charge in [0.15, 0.2) is 5.65 Å². The fourth-order valence-electron chi connectivity index (χ4n) is 2.59. The lowest BCUT2D eigenvalue weighted by Crippen LogP contribution is -2.24. The smallest absolute Gasteiger partial charge is 0.326 e. The summed E-state index contributed by atoms with van der Waals surface area (Å²) in [6, 6.07) is 13.0. The zero-order valence-electron chi connectivity index (χ0n) is 14.1. The number of aromatic nitrogens is 3. The molecule has 0 radical (unpaired) electrons. The lowest BCUT2D eigenvalue weighted by atomic mass is 10.1. The topological polar surface area (TPSA) is 80.4 Å². The molecule has 0 fully saturated rings. The van der Waals surface area contributed by atoms with Gasteiger partial charge in [0.2, 0.25) is 5.91 Å². The SMILES string of the molecule is CCNCc1ccccc1NC(=O)CCn1nc2ccccn2c1=O. The molecular formula is C18H21N5O2. The lowest BCUT2D eigenvalue weighted by molar-refractivity contribution is -0.116. The highest BCUT2D eigenvalue weighted by Gasteiger charge is 2.10. The van der Waals surface area contributed by atoms with Crippen molar-refractivity contribution in [1.29, 1.82) is 0 Å². The first-order valence-electron chi connectivity index (χ1n) is 8.31. The summed E-state index contributed by atoms with van der Waals surface area (Å²) in [5, 5.41) is 10.4. The minimum Gasteiger partial charge on any atom is -0.326 e. The van der Waals surface area contributed by atoms with Crippen molar-refractivity contribution in [3.8, 4) is 0 Å². The van der Waals surface area contributed by atoms with E-state index in [1.165, 1.54) is 9.08 Å². The second kappa shape index (κ2) is 7.76. The predicted octanol–water partition coefficient (Wildman–Crippen LogP) is 1.63. The molecule has 0 atom stereocenters. The zero-order valence-corrected chi connectivity index (χ0v) is 14.1. The highest BCUT2D eigenvalue weighted by molar-refractivity contribution is 5.91. The number of fused-ring (bicyclic) bond motifs is 1. The molecule has 25 heavy (non-hydrogen) atoms. The zero-order chi connectivity index (χ0) is 17.6. The first-order chi connectivity index (χ1) is 12.2. The number of anilines is 1. The van der Waals surface area contributed by atoms with Gasteiger partial charge in [0.25, 0.3) is 0 Å². The van der Waals surface area contributed by atoms with Gasteiger partial charge in [0.05, 0.1) is 6.54 Å². The van der Waals surface area contributed by atoms with Crippen LogP contribution in [0.2, 0.25) is 0 Å². The lowest BCUT2D eigenvalue weighted by Gasteiger charge is -2.11. The standard InChI is InChI=1S/C18H21N5O2/c1-2-19-13-14-7-3-4-8-15(14)20-17(24)10-12-23-18(25)22-11-6-5-9-16(22)21-23/h3-9,11,19H,2,10,12-13H2,1H3,(H,20,24). The molecule has 3 rings (SSSR count). The molecule has 0 unspecified atom stereocenters. The largest absolute Gasteiger partial charge is 0.350 e. The Morgan fingerprint density at radius 3 is 2.76 bits per heavy atom. The Bertz CT molecular complexity index is 928. The van der Waals surface area contributed by atoms with E-state index in [2.05, 4.69) is 15.7 Å². The maximum atomic E-state index is 12.3. The third-order valence-electron chi connectivity index (χ3n) is 3.90. The third-order valence-corrected chi connectivity index (χ3v) is 3.90. The molecule has 7 heteroatoms. The van der Waals surface area contributed by atoms with Crippen LogP contribution < -0.4 is 16.3 Å². The first kappa shape index (κ1) is 16.9. The van der Waals surface area contributed by atoms with Crippen LogP contribution in [0.3, 0.4) is 0 Å². The van der Waals surface area contributed by atoms with Crippen molar-refractivity contribution in [2.75, 3.05) is 11.9 Å². The molecule has 0 saturated heterocycles. The van der Waals surface area contributed by atoms with E-state index >= 15 is 0 Å². The number of hydrogen-bond acceptors (Lipinski definition) is 4. The van der Waals surface area contributed by atoms with Gasteiger partial charge in [-0.25, -0.2) is 9.48 Å². The Hall–Kier alpha value is -2.93. The molecule has 3 aromatic rings. The summed E-state index contributed by atoms with van der Waals surface area (Å²) in [5.41, 5.74) is 2.15. The van der Waals surface area contributed by atoms with E-state index in [4.69, 9.17) is 0 Å². The van der Waals surface area contributed by atoms with Crippen molar-refractivity contribution in [3.63, 3.8) is 0 Å². The van der Waals surface area contributed by atoms with Crippen LogP contribution in [-0.2, 0) is 17.9 Å². The Kier molecular flexibility index (Phi) is 5.25. The van der Waals surface area contributed by atoms with Gasteiger partial charge in [-0.2, -0.15) is 0 Å². The van der Waals surface area contributed by atoms with Crippen LogP contribution in [0.25, 0.3) is 5.65 Å². The second-order valence-electron chi connectivity index (χ2n) is 5.67. The van der Waals surface area contributed by atoms with Crippen LogP contribution in [0.1, 0.15) is 18.9 Å². The molecule has 2 aromatic heterocycles. The maximum Gasteiger partial charge on any atom is 0.350 e. The third kappa shape index (κ3) is 3.95. The number of carbonyl (C=O) groups is 1. The van der Waals surface area contributed by atoms with Gasteiger partial charge >= 0.3 is 5.69 Å². The molecule has 0 bridgehead atoms. The summed E-state index contributed by atoms with van der Waals surface area (Å²) in [4.78, 5) is 24.5. The van der Waals surface area contributed by atoms with Gasteiger partial charge in [0.1, 0.15) is 0 Å². The predicted molar refractivity (Wildman–Crippen MR) is 96.5 cm³/mol. The minimum absolute atomic E-state index is 0.145. The Morgan fingerprint density at radius 1 is 1.16 bits per heavy atom. The molecule has 2 heterocycles. The molecule has 0 spiro atoms. The molecule has 1 aromatic carbocycles. The fourth-order valence-corrected chi connectivity index (χ4v) is 2.59. The molecule has 0 aliphatic rings. The summed E-state index contributed by atoms with van der Waals surface area (Å²) in [6.07, 6.45) is 1.84. The van der Waals surface area contributed by atoms with Gasteiger partial charge in [-0.05, 0) is 30.3 Å².